The van der Waals surface area contributed by atoms with Crippen molar-refractivity contribution in [3.63, 3.8) is 0 Å². The van der Waals surface area contributed by atoms with Gasteiger partial charge in [0.15, 0.2) is 0 Å². The van der Waals surface area contributed by atoms with E-state index >= 15 is 0 Å². The summed E-state index contributed by atoms with van der Waals surface area (Å²) in [5.74, 6) is -1.84. The highest BCUT2D eigenvalue weighted by molar-refractivity contribution is 6.39. The Morgan fingerprint density at radius 2 is 1.61 bits per heavy atom. The molecule has 4 rings (SSSR count). The first kappa shape index (κ1) is 24.7. The molecule has 184 valence electrons. The molecular weight excluding hydrogens is 458 g/mol. The zero-order valence-electron chi connectivity index (χ0n) is 21.1. The smallest absolute Gasteiger partial charge is 0.337 e. The average molecular weight is 486 g/mol. The summed E-state index contributed by atoms with van der Waals surface area (Å²) < 4.78 is 6.79. The third-order valence-corrected chi connectivity index (χ3v) is 6.48. The number of amides is 4. The number of nitrogens with one attached hydrogen (secondary N) is 1. The maximum Gasteiger partial charge on any atom is 0.337 e. The zero-order chi connectivity index (χ0) is 26.3. The lowest BCUT2D eigenvalue weighted by Gasteiger charge is -2.26. The highest BCUT2D eigenvalue weighted by Gasteiger charge is 2.37. The summed E-state index contributed by atoms with van der Waals surface area (Å²) in [7, 11) is 1.34. The van der Waals surface area contributed by atoms with Gasteiger partial charge in [0.1, 0.15) is 5.57 Å². The molecule has 1 saturated heterocycles. The first-order valence-corrected chi connectivity index (χ1v) is 11.4. The van der Waals surface area contributed by atoms with Gasteiger partial charge in [0, 0.05) is 17.1 Å². The Balaban J connectivity index is 1.75. The highest BCUT2D eigenvalue weighted by Crippen LogP contribution is 2.28. The molecule has 1 aliphatic rings. The zero-order valence-corrected chi connectivity index (χ0v) is 21.1. The lowest BCUT2D eigenvalue weighted by Crippen LogP contribution is -2.54. The van der Waals surface area contributed by atoms with Gasteiger partial charge in [-0.1, -0.05) is 6.07 Å². The number of barbiturate groups is 1. The fraction of sp³-hybridized carbons (Fsp3) is 0.214. The van der Waals surface area contributed by atoms with Crippen LogP contribution in [-0.2, 0) is 14.3 Å². The van der Waals surface area contributed by atoms with Crippen molar-refractivity contribution in [1.29, 1.82) is 0 Å². The molecule has 1 aromatic heterocycles. The minimum absolute atomic E-state index is 0.133. The molecule has 2 aromatic carbocycles. The van der Waals surface area contributed by atoms with Gasteiger partial charge in [0.05, 0.1) is 18.4 Å². The third-order valence-electron chi connectivity index (χ3n) is 6.48. The third kappa shape index (κ3) is 4.22. The van der Waals surface area contributed by atoms with E-state index in [-0.39, 0.29) is 5.57 Å². The van der Waals surface area contributed by atoms with Gasteiger partial charge in [0.2, 0.25) is 0 Å². The van der Waals surface area contributed by atoms with E-state index in [0.717, 1.165) is 38.7 Å². The standard InChI is InChI=1S/C28H27N3O5/c1-15-7-9-22(12-16(15)2)31-26(33)23(25(32)29-28(31)35)14-21-13-18(4)30(19(21)5)24-10-8-20(11-17(24)3)27(34)36-6/h7-14H,1-6H3,(H,29,32,35)/b23-14+. The second-order valence-corrected chi connectivity index (χ2v) is 8.88. The number of esters is 1. The molecule has 0 spiro atoms. The Bertz CT molecular complexity index is 1480. The number of ether oxygens (including phenoxy) is 1. The Labute approximate surface area is 209 Å². The number of carbonyl (C=O) groups is 4. The number of imide groups is 2. The van der Waals surface area contributed by atoms with E-state index in [9.17, 15) is 19.2 Å². The molecule has 1 N–H and O–H groups in total. The van der Waals surface area contributed by atoms with Crippen LogP contribution in [-0.4, -0.2) is 35.5 Å². The van der Waals surface area contributed by atoms with Gasteiger partial charge in [0.25, 0.3) is 11.8 Å². The number of carbonyl (C=O) groups excluding carboxylic acids is 4. The van der Waals surface area contributed by atoms with E-state index in [1.165, 1.54) is 13.2 Å². The second kappa shape index (κ2) is 9.30. The molecule has 36 heavy (non-hydrogen) atoms. The fourth-order valence-corrected chi connectivity index (χ4v) is 4.37. The molecule has 0 bridgehead atoms. The summed E-state index contributed by atoms with van der Waals surface area (Å²) in [6.45, 7) is 9.51. The Morgan fingerprint density at radius 1 is 0.889 bits per heavy atom. The van der Waals surface area contributed by atoms with Crippen LogP contribution in [0.15, 0.2) is 48.0 Å². The first-order valence-electron chi connectivity index (χ1n) is 11.4. The summed E-state index contributed by atoms with van der Waals surface area (Å²) in [6, 6.07) is 11.6. The highest BCUT2D eigenvalue weighted by atomic mass is 16.5. The van der Waals surface area contributed by atoms with E-state index in [2.05, 4.69) is 5.32 Å². The number of methoxy groups -OCH3 is 1. The Hall–Kier alpha value is -4.46. The normalized spacial score (nSPS) is 14.9. The number of rotatable bonds is 4. The first-order chi connectivity index (χ1) is 17.0. The summed E-state index contributed by atoms with van der Waals surface area (Å²) in [4.78, 5) is 51.4. The van der Waals surface area contributed by atoms with E-state index in [1.807, 2.05) is 57.4 Å². The lowest BCUT2D eigenvalue weighted by atomic mass is 10.1. The van der Waals surface area contributed by atoms with Crippen LogP contribution >= 0.6 is 0 Å². The van der Waals surface area contributed by atoms with Crippen LogP contribution in [0.25, 0.3) is 11.8 Å². The number of urea groups is 1. The minimum Gasteiger partial charge on any atom is -0.465 e. The van der Waals surface area contributed by atoms with Crippen molar-refractivity contribution in [3.05, 3.63) is 87.2 Å². The van der Waals surface area contributed by atoms with Crippen LogP contribution in [0.3, 0.4) is 0 Å². The van der Waals surface area contributed by atoms with E-state index < -0.39 is 23.8 Å². The number of hydrogen-bond donors (Lipinski definition) is 1. The van der Waals surface area contributed by atoms with Crippen LogP contribution in [0.5, 0.6) is 0 Å². The maximum atomic E-state index is 13.3. The lowest BCUT2D eigenvalue weighted by molar-refractivity contribution is -0.122. The van der Waals surface area contributed by atoms with Gasteiger partial charge in [-0.25, -0.2) is 14.5 Å². The summed E-state index contributed by atoms with van der Waals surface area (Å²) >= 11 is 0. The molecule has 1 fully saturated rings. The predicted octanol–water partition coefficient (Wildman–Crippen LogP) is 4.47. The monoisotopic (exact) mass is 485 g/mol. The topological polar surface area (TPSA) is 97.7 Å². The van der Waals surface area contributed by atoms with E-state index in [4.69, 9.17) is 4.74 Å². The van der Waals surface area contributed by atoms with Gasteiger partial charge >= 0.3 is 12.0 Å². The SMILES string of the molecule is COC(=O)c1ccc(-n2c(C)cc(/C=C3\C(=O)NC(=O)N(c4ccc(C)c(C)c4)C3=O)c2C)c(C)c1. The molecule has 0 saturated carbocycles. The quantitative estimate of drug-likeness (QED) is 0.334. The summed E-state index contributed by atoms with van der Waals surface area (Å²) in [6.07, 6.45) is 1.51. The Kier molecular flexibility index (Phi) is 6.37. The number of aryl methyl sites for hydroxylation is 4. The molecule has 4 amide bonds. The van der Waals surface area contributed by atoms with Crippen LogP contribution in [0.1, 0.15) is 44.0 Å². The van der Waals surface area contributed by atoms with Crippen molar-refractivity contribution in [2.45, 2.75) is 34.6 Å². The second-order valence-electron chi connectivity index (χ2n) is 8.88. The number of hydrogen-bond acceptors (Lipinski definition) is 5. The van der Waals surface area contributed by atoms with Crippen molar-refractivity contribution >= 4 is 35.6 Å². The van der Waals surface area contributed by atoms with Crippen LogP contribution in [0, 0.1) is 34.6 Å². The number of aromatic nitrogens is 1. The van der Waals surface area contributed by atoms with E-state index in [1.54, 1.807) is 24.3 Å². The average Bonchev–Trinajstić information content (AvgIpc) is 3.10. The van der Waals surface area contributed by atoms with Crippen LogP contribution in [0.2, 0.25) is 0 Å². The fourth-order valence-electron chi connectivity index (χ4n) is 4.37. The summed E-state index contributed by atoms with van der Waals surface area (Å²) in [5.41, 5.74) is 6.71. The molecule has 2 heterocycles. The summed E-state index contributed by atoms with van der Waals surface area (Å²) in [5, 5.41) is 2.28. The number of anilines is 1. The molecule has 8 nitrogen and oxygen atoms in total. The van der Waals surface area contributed by atoms with Gasteiger partial charge in [-0.3, -0.25) is 14.9 Å². The van der Waals surface area contributed by atoms with Crippen molar-refractivity contribution < 1.29 is 23.9 Å². The van der Waals surface area contributed by atoms with Crippen molar-refractivity contribution in [2.75, 3.05) is 12.0 Å². The van der Waals surface area contributed by atoms with E-state index in [0.29, 0.717) is 16.8 Å². The molecule has 3 aromatic rings. The molecule has 1 aliphatic heterocycles. The minimum atomic E-state index is -0.780. The maximum absolute atomic E-state index is 13.3. The molecule has 0 unspecified atom stereocenters. The van der Waals surface area contributed by atoms with Crippen LogP contribution < -0.4 is 10.2 Å². The molecule has 0 atom stereocenters. The molecule has 0 radical (unpaired) electrons. The van der Waals surface area contributed by atoms with Gasteiger partial charge in [-0.05, 0) is 99.3 Å². The van der Waals surface area contributed by atoms with Gasteiger partial charge in [-0.2, -0.15) is 0 Å². The van der Waals surface area contributed by atoms with Crippen LogP contribution in [0.4, 0.5) is 10.5 Å². The largest absolute Gasteiger partial charge is 0.465 e. The molecule has 0 aliphatic carbocycles. The van der Waals surface area contributed by atoms with Gasteiger partial charge < -0.3 is 9.30 Å². The predicted molar refractivity (Wildman–Crippen MR) is 136 cm³/mol. The van der Waals surface area contributed by atoms with Gasteiger partial charge in [-0.15, -0.1) is 0 Å². The van der Waals surface area contributed by atoms with Crippen molar-refractivity contribution in [1.82, 2.24) is 9.88 Å². The number of nitrogens with zero attached hydrogens (tertiary/aromatic N) is 2. The Morgan fingerprint density at radius 3 is 2.25 bits per heavy atom. The molecule has 8 heteroatoms. The van der Waals surface area contributed by atoms with Crippen molar-refractivity contribution in [3.8, 4) is 5.69 Å². The molecular formula is C28H27N3O5. The van der Waals surface area contributed by atoms with Crippen molar-refractivity contribution in [2.24, 2.45) is 0 Å². The number of benzene rings is 2.